The van der Waals surface area contributed by atoms with E-state index >= 15 is 0 Å². The Morgan fingerprint density at radius 2 is 1.55 bits per heavy atom. The lowest BCUT2D eigenvalue weighted by molar-refractivity contribution is -0.733. The van der Waals surface area contributed by atoms with Crippen molar-refractivity contribution in [3.63, 3.8) is 0 Å². The summed E-state index contributed by atoms with van der Waals surface area (Å²) in [6.45, 7) is 6.90. The van der Waals surface area contributed by atoms with Crippen LogP contribution >= 0.6 is 0 Å². The van der Waals surface area contributed by atoms with Gasteiger partial charge in [0.05, 0.1) is 16.7 Å². The van der Waals surface area contributed by atoms with Crippen molar-refractivity contribution in [1.29, 1.82) is 0 Å². The van der Waals surface area contributed by atoms with Gasteiger partial charge in [-0.25, -0.2) is 4.57 Å². The molecule has 5 heterocycles. The van der Waals surface area contributed by atoms with E-state index in [1.54, 1.807) is 0 Å². The zero-order valence-electron chi connectivity index (χ0n) is 18.8. The molecule has 0 N–H and O–H groups in total. The SMILES string of the molecule is CC(C)(C)n1c2[n+]3c4c(cccc41)Oc1cccc(c1-3)C21c2ccccc2-c2cccc[n+]21. The molecule has 3 aliphatic heterocycles. The van der Waals surface area contributed by atoms with Crippen LogP contribution in [0.25, 0.3) is 28.0 Å². The number of pyridine rings is 1. The molecule has 5 aromatic rings. The molecule has 0 saturated carbocycles. The van der Waals surface area contributed by atoms with Gasteiger partial charge in [-0.3, -0.25) is 0 Å². The Balaban J connectivity index is 1.71. The maximum absolute atomic E-state index is 6.52. The summed E-state index contributed by atoms with van der Waals surface area (Å²) in [6.07, 6.45) is 2.24. The van der Waals surface area contributed by atoms with E-state index in [1.165, 1.54) is 39.4 Å². The molecule has 0 fully saturated rings. The second kappa shape index (κ2) is 5.34. The minimum Gasteiger partial charge on any atom is -0.448 e. The predicted octanol–water partition coefficient (Wildman–Crippen LogP) is 5.20. The van der Waals surface area contributed by atoms with Crippen molar-refractivity contribution < 1.29 is 13.9 Å². The minimum atomic E-state index is -0.476. The number of hydrogen-bond donors (Lipinski definition) is 0. The van der Waals surface area contributed by atoms with Gasteiger partial charge < -0.3 is 4.74 Å². The summed E-state index contributed by atoms with van der Waals surface area (Å²) in [5.41, 5.74) is 8.03. The number of hydrogen-bond acceptors (Lipinski definition) is 1. The monoisotopic (exact) mass is 429 g/mol. The normalized spacial score (nSPS) is 18.5. The van der Waals surface area contributed by atoms with Crippen molar-refractivity contribution >= 4 is 11.0 Å². The molecule has 158 valence electrons. The highest BCUT2D eigenvalue weighted by atomic mass is 16.5. The first-order chi connectivity index (χ1) is 16.0. The van der Waals surface area contributed by atoms with Gasteiger partial charge in [0.15, 0.2) is 28.9 Å². The van der Waals surface area contributed by atoms with E-state index in [0.717, 1.165) is 17.0 Å². The zero-order valence-corrected chi connectivity index (χ0v) is 18.8. The summed E-state index contributed by atoms with van der Waals surface area (Å²) < 4.78 is 14.0. The molecule has 1 atom stereocenters. The van der Waals surface area contributed by atoms with Crippen LogP contribution in [-0.2, 0) is 11.1 Å². The molecular weight excluding hydrogens is 406 g/mol. The number of nitrogens with zero attached hydrogens (tertiary/aromatic N) is 3. The van der Waals surface area contributed by atoms with Crippen LogP contribution in [-0.4, -0.2) is 4.57 Å². The highest BCUT2D eigenvalue weighted by Crippen LogP contribution is 2.55. The van der Waals surface area contributed by atoms with E-state index in [0.29, 0.717) is 0 Å². The fourth-order valence-corrected chi connectivity index (χ4v) is 6.51. The minimum absolute atomic E-state index is 0.135. The number of para-hydroxylation sites is 2. The topological polar surface area (TPSA) is 21.9 Å². The van der Waals surface area contributed by atoms with Crippen LogP contribution < -0.4 is 13.9 Å². The van der Waals surface area contributed by atoms with Gasteiger partial charge in [-0.05, 0) is 57.2 Å². The van der Waals surface area contributed by atoms with Crippen LogP contribution in [0, 0.1) is 0 Å². The fraction of sp³-hybridized carbons (Fsp3) is 0.172. The average molecular weight is 430 g/mol. The molecular formula is C29H23N3O+2. The standard InChI is InChI=1S/C29H23N3O/c1-28(2,3)32-22-14-9-16-24-26(22)31-25-20(12-8-15-23(25)33-24)29(27(31)32)19-11-5-4-10-18(19)21-13-6-7-17-30(21)29/h4-17H,1-3H3/q+2. The third-order valence-electron chi connectivity index (χ3n) is 7.51. The van der Waals surface area contributed by atoms with E-state index < -0.39 is 5.54 Å². The number of benzene rings is 3. The lowest BCUT2D eigenvalue weighted by atomic mass is 9.82. The van der Waals surface area contributed by atoms with E-state index in [-0.39, 0.29) is 5.54 Å². The van der Waals surface area contributed by atoms with E-state index in [2.05, 4.69) is 120 Å². The molecule has 4 nitrogen and oxygen atoms in total. The van der Waals surface area contributed by atoms with Gasteiger partial charge in [-0.15, -0.1) is 0 Å². The average Bonchev–Trinajstić information content (AvgIpc) is 3.42. The van der Waals surface area contributed by atoms with Gasteiger partial charge in [-0.2, -0.15) is 9.13 Å². The number of imidazole rings is 1. The largest absolute Gasteiger partial charge is 0.448 e. The van der Waals surface area contributed by atoms with Crippen LogP contribution in [0.5, 0.6) is 11.5 Å². The van der Waals surface area contributed by atoms with Crippen LogP contribution in [0.15, 0.2) is 85.1 Å². The lowest BCUT2D eigenvalue weighted by Crippen LogP contribution is -2.58. The van der Waals surface area contributed by atoms with Gasteiger partial charge in [0.25, 0.3) is 0 Å². The first-order valence-corrected chi connectivity index (χ1v) is 11.6. The van der Waals surface area contributed by atoms with Crippen molar-refractivity contribution in [2.75, 3.05) is 0 Å². The summed E-state index contributed by atoms with van der Waals surface area (Å²) in [5, 5.41) is 0. The molecule has 8 rings (SSSR count). The molecule has 0 aliphatic carbocycles. The zero-order chi connectivity index (χ0) is 22.1. The second-order valence-corrected chi connectivity index (χ2v) is 10.3. The Bertz CT molecular complexity index is 1640. The summed E-state index contributed by atoms with van der Waals surface area (Å²) >= 11 is 0. The Morgan fingerprint density at radius 1 is 0.788 bits per heavy atom. The quantitative estimate of drug-likeness (QED) is 0.304. The molecule has 0 radical (unpaired) electrons. The number of fused-ring (bicyclic) bond motifs is 7. The maximum Gasteiger partial charge on any atom is 0.347 e. The third kappa shape index (κ3) is 1.76. The number of ether oxygens (including phenoxy) is 1. The summed E-state index contributed by atoms with van der Waals surface area (Å²) in [4.78, 5) is 0. The van der Waals surface area contributed by atoms with Gasteiger partial charge in [0, 0.05) is 12.1 Å². The lowest BCUT2D eigenvalue weighted by Gasteiger charge is -2.24. The molecule has 2 aromatic heterocycles. The maximum atomic E-state index is 6.52. The first kappa shape index (κ1) is 17.6. The van der Waals surface area contributed by atoms with Crippen molar-refractivity contribution in [2.45, 2.75) is 31.8 Å². The van der Waals surface area contributed by atoms with Crippen molar-refractivity contribution in [2.24, 2.45) is 0 Å². The van der Waals surface area contributed by atoms with E-state index in [9.17, 15) is 0 Å². The molecule has 33 heavy (non-hydrogen) atoms. The van der Waals surface area contributed by atoms with Gasteiger partial charge in [0.1, 0.15) is 5.54 Å². The number of aromatic nitrogens is 3. The van der Waals surface area contributed by atoms with E-state index in [4.69, 9.17) is 4.74 Å². The summed E-state index contributed by atoms with van der Waals surface area (Å²) in [6, 6.07) is 28.4. The molecule has 1 spiro atoms. The second-order valence-electron chi connectivity index (χ2n) is 10.3. The first-order valence-electron chi connectivity index (χ1n) is 11.6. The number of rotatable bonds is 0. The summed E-state index contributed by atoms with van der Waals surface area (Å²) in [5.74, 6) is 3.11. The van der Waals surface area contributed by atoms with Crippen molar-refractivity contribution in [1.82, 2.24) is 4.57 Å². The Hall–Kier alpha value is -3.92. The van der Waals surface area contributed by atoms with E-state index in [1.807, 2.05) is 0 Å². The van der Waals surface area contributed by atoms with Crippen molar-refractivity contribution in [3.8, 4) is 28.4 Å². The fourth-order valence-electron chi connectivity index (χ4n) is 6.51. The van der Waals surface area contributed by atoms with Gasteiger partial charge >= 0.3 is 11.4 Å². The Morgan fingerprint density at radius 3 is 2.42 bits per heavy atom. The Labute approximate surface area is 191 Å². The predicted molar refractivity (Wildman–Crippen MR) is 126 cm³/mol. The molecule has 0 saturated heterocycles. The highest BCUT2D eigenvalue weighted by Gasteiger charge is 2.69. The molecule has 1 unspecified atom stereocenters. The van der Waals surface area contributed by atoms with Crippen LogP contribution in [0.3, 0.4) is 0 Å². The molecule has 4 heteroatoms. The van der Waals surface area contributed by atoms with Crippen LogP contribution in [0.2, 0.25) is 0 Å². The molecule has 3 aromatic carbocycles. The highest BCUT2D eigenvalue weighted by molar-refractivity contribution is 5.85. The molecule has 0 amide bonds. The third-order valence-corrected chi connectivity index (χ3v) is 7.51. The van der Waals surface area contributed by atoms with Gasteiger partial charge in [-0.1, -0.05) is 30.3 Å². The van der Waals surface area contributed by atoms with Gasteiger partial charge in [0.2, 0.25) is 11.2 Å². The molecule has 3 aliphatic rings. The van der Waals surface area contributed by atoms with Crippen LogP contribution in [0.4, 0.5) is 0 Å². The van der Waals surface area contributed by atoms with Crippen LogP contribution in [0.1, 0.15) is 37.7 Å². The summed E-state index contributed by atoms with van der Waals surface area (Å²) in [7, 11) is 0. The molecule has 0 bridgehead atoms. The smallest absolute Gasteiger partial charge is 0.347 e. The Kier molecular flexibility index (Phi) is 2.85. The van der Waals surface area contributed by atoms with Crippen molar-refractivity contribution in [3.05, 3.63) is 102 Å².